The van der Waals surface area contributed by atoms with E-state index in [0.717, 1.165) is 59.1 Å². The van der Waals surface area contributed by atoms with Gasteiger partial charge in [0.05, 0.1) is 22.1 Å². The molecule has 0 radical (unpaired) electrons. The summed E-state index contributed by atoms with van der Waals surface area (Å²) < 4.78 is 4.42. The van der Waals surface area contributed by atoms with Crippen LogP contribution in [0, 0.1) is 0 Å². The number of fused-ring (bicyclic) bond motifs is 2. The highest BCUT2D eigenvalue weighted by molar-refractivity contribution is 6.31. The number of hydrogen-bond acceptors (Lipinski definition) is 2. The second-order valence-electron chi connectivity index (χ2n) is 6.96. The molecule has 4 N–H and O–H groups in total. The normalized spacial score (nSPS) is 11.4. The first-order chi connectivity index (χ1) is 13.5. The van der Waals surface area contributed by atoms with Gasteiger partial charge in [-0.1, -0.05) is 23.2 Å². The Hall–Kier alpha value is -2.56. The van der Waals surface area contributed by atoms with Crippen molar-refractivity contribution in [1.29, 1.82) is 0 Å². The molecule has 4 aromatic rings. The van der Waals surface area contributed by atoms with Gasteiger partial charge in [0.15, 0.2) is 12.4 Å². The van der Waals surface area contributed by atoms with E-state index in [2.05, 4.69) is 9.13 Å². The number of benzene rings is 2. The molecule has 2 aromatic heterocycles. The number of anilines is 2. The molecule has 0 spiro atoms. The van der Waals surface area contributed by atoms with Crippen molar-refractivity contribution in [2.45, 2.75) is 25.9 Å². The molecule has 0 aliphatic rings. The van der Waals surface area contributed by atoms with Gasteiger partial charge in [0.25, 0.3) is 0 Å². The number of aromatic nitrogens is 2. The quantitative estimate of drug-likeness (QED) is 0.373. The molecule has 0 saturated carbocycles. The lowest BCUT2D eigenvalue weighted by Crippen LogP contribution is -2.37. The van der Waals surface area contributed by atoms with Crippen LogP contribution in [0.15, 0.2) is 60.9 Å². The van der Waals surface area contributed by atoms with Crippen molar-refractivity contribution in [1.82, 2.24) is 0 Å². The van der Waals surface area contributed by atoms with E-state index in [1.165, 1.54) is 0 Å². The molecule has 4 nitrogen and oxygen atoms in total. The highest BCUT2D eigenvalue weighted by Crippen LogP contribution is 2.22. The molecule has 2 aromatic carbocycles. The van der Waals surface area contributed by atoms with Gasteiger partial charge in [0.1, 0.15) is 13.1 Å². The number of nitrogens with two attached hydrogens (primary N) is 2. The van der Waals surface area contributed by atoms with Gasteiger partial charge < -0.3 is 11.5 Å². The van der Waals surface area contributed by atoms with Crippen LogP contribution < -0.4 is 20.6 Å². The van der Waals surface area contributed by atoms with Crippen LogP contribution in [0.3, 0.4) is 0 Å². The lowest BCUT2D eigenvalue weighted by molar-refractivity contribution is -0.683. The Morgan fingerprint density at radius 3 is 1.50 bits per heavy atom. The lowest BCUT2D eigenvalue weighted by atomic mass is 10.1. The van der Waals surface area contributed by atoms with Crippen molar-refractivity contribution in [3.05, 3.63) is 71.0 Å². The van der Waals surface area contributed by atoms with Crippen molar-refractivity contribution in [2.75, 3.05) is 11.5 Å². The molecule has 0 amide bonds. The van der Waals surface area contributed by atoms with E-state index in [4.69, 9.17) is 34.7 Å². The maximum atomic E-state index is 6.19. The van der Waals surface area contributed by atoms with Crippen LogP contribution in [-0.4, -0.2) is 0 Å². The largest absolute Gasteiger partial charge is 0.398 e. The van der Waals surface area contributed by atoms with Gasteiger partial charge in [-0.05, 0) is 24.3 Å². The van der Waals surface area contributed by atoms with Gasteiger partial charge in [-0.2, -0.15) is 9.13 Å². The van der Waals surface area contributed by atoms with Gasteiger partial charge in [-0.25, -0.2) is 0 Å². The number of nitrogens with zero attached hydrogens (tertiary/aromatic N) is 2. The average Bonchev–Trinajstić information content (AvgIpc) is 2.68. The van der Waals surface area contributed by atoms with Crippen molar-refractivity contribution in [3.8, 4) is 0 Å². The summed E-state index contributed by atoms with van der Waals surface area (Å²) >= 11 is 12.4. The first-order valence-electron chi connectivity index (χ1n) is 9.27. The molecular weight excluding hydrogens is 391 g/mol. The summed E-state index contributed by atoms with van der Waals surface area (Å²) in [5.41, 5.74) is 15.9. The first kappa shape index (κ1) is 18.8. The molecule has 6 heteroatoms. The molecule has 4 rings (SSSR count). The average molecular weight is 413 g/mol. The van der Waals surface area contributed by atoms with E-state index >= 15 is 0 Å². The Balaban J connectivity index is 1.50. The molecule has 0 saturated heterocycles. The van der Waals surface area contributed by atoms with Gasteiger partial charge in [0.2, 0.25) is 11.0 Å². The maximum absolute atomic E-state index is 6.19. The van der Waals surface area contributed by atoms with E-state index < -0.39 is 0 Å². The Morgan fingerprint density at radius 1 is 0.643 bits per heavy atom. The fourth-order valence-electron chi connectivity index (χ4n) is 3.61. The van der Waals surface area contributed by atoms with E-state index in [0.29, 0.717) is 10.0 Å². The predicted molar refractivity (Wildman–Crippen MR) is 116 cm³/mol. The first-order valence-corrected chi connectivity index (χ1v) is 10.0. The third-order valence-electron chi connectivity index (χ3n) is 5.08. The van der Waals surface area contributed by atoms with Crippen molar-refractivity contribution < 1.29 is 9.13 Å². The van der Waals surface area contributed by atoms with Gasteiger partial charge in [-0.15, -0.1) is 0 Å². The summed E-state index contributed by atoms with van der Waals surface area (Å²) in [5.74, 6) is 0. The van der Waals surface area contributed by atoms with E-state index in [9.17, 15) is 0 Å². The molecule has 2 heterocycles. The molecule has 142 valence electrons. The van der Waals surface area contributed by atoms with Gasteiger partial charge >= 0.3 is 0 Å². The number of rotatable bonds is 5. The van der Waals surface area contributed by atoms with Crippen LogP contribution >= 0.6 is 23.2 Å². The summed E-state index contributed by atoms with van der Waals surface area (Å²) in [7, 11) is 0. The zero-order valence-electron chi connectivity index (χ0n) is 15.4. The zero-order valence-corrected chi connectivity index (χ0v) is 16.9. The van der Waals surface area contributed by atoms with Crippen LogP contribution in [0.2, 0.25) is 10.0 Å². The van der Waals surface area contributed by atoms with Crippen LogP contribution in [0.25, 0.3) is 21.8 Å². The summed E-state index contributed by atoms with van der Waals surface area (Å²) in [6, 6.07) is 15.5. The Bertz CT molecular complexity index is 1080. The molecule has 0 atom stereocenters. The molecule has 28 heavy (non-hydrogen) atoms. The minimum Gasteiger partial charge on any atom is -0.398 e. The van der Waals surface area contributed by atoms with Gasteiger partial charge in [-0.3, -0.25) is 0 Å². The fourth-order valence-corrected chi connectivity index (χ4v) is 3.94. The van der Waals surface area contributed by atoms with E-state index in [-0.39, 0.29) is 0 Å². The number of halogens is 2. The molecule has 0 unspecified atom stereocenters. The molecule has 0 aliphatic carbocycles. The van der Waals surface area contributed by atoms with Crippen LogP contribution in [-0.2, 0) is 13.1 Å². The maximum Gasteiger partial charge on any atom is 0.216 e. The fraction of sp³-hybridized carbons (Fsp3) is 0.182. The Kier molecular flexibility index (Phi) is 5.25. The van der Waals surface area contributed by atoms with Crippen LogP contribution in [0.4, 0.5) is 11.4 Å². The monoisotopic (exact) mass is 412 g/mol. The minimum atomic E-state index is 0.715. The van der Waals surface area contributed by atoms with Gasteiger partial charge in [0, 0.05) is 47.2 Å². The SMILES string of the molecule is Nc1cc[n+](CCCC[n+]2ccc(N)c3ccc(Cl)cc32)c2cc(Cl)ccc12. The van der Waals surface area contributed by atoms with E-state index in [1.807, 2.05) is 60.9 Å². The Labute approximate surface area is 173 Å². The summed E-state index contributed by atoms with van der Waals surface area (Å²) in [4.78, 5) is 0. The molecular formula is C22H22Cl2N4+2. The van der Waals surface area contributed by atoms with Crippen molar-refractivity contribution in [3.63, 3.8) is 0 Å². The number of nitrogen functional groups attached to an aromatic ring is 2. The summed E-state index contributed by atoms with van der Waals surface area (Å²) in [6.45, 7) is 1.79. The Morgan fingerprint density at radius 2 is 1.07 bits per heavy atom. The van der Waals surface area contributed by atoms with E-state index in [1.54, 1.807) is 0 Å². The third kappa shape index (κ3) is 3.71. The second-order valence-corrected chi connectivity index (χ2v) is 7.83. The van der Waals surface area contributed by atoms with Crippen molar-refractivity contribution >= 4 is 56.4 Å². The molecule has 0 fully saturated rings. The third-order valence-corrected chi connectivity index (χ3v) is 5.55. The minimum absolute atomic E-state index is 0.715. The van der Waals surface area contributed by atoms with Crippen LogP contribution in [0.1, 0.15) is 12.8 Å². The standard InChI is InChI=1S/C22H20Cl2N4/c23-15-3-5-17-19(25)7-11-27(21(17)13-15)9-1-2-10-28-12-8-20(26)18-6-4-16(24)14-22(18)28/h3-8,11-14,25-26H,1-2,9-10H2/p+2. The predicted octanol–water partition coefficient (Wildman–Crippen LogP) is 4.52. The highest BCUT2D eigenvalue weighted by atomic mass is 35.5. The molecule has 0 aliphatic heterocycles. The smallest absolute Gasteiger partial charge is 0.216 e. The summed E-state index contributed by atoms with van der Waals surface area (Å²) in [6.07, 6.45) is 6.10. The van der Waals surface area contributed by atoms with Crippen LogP contribution in [0.5, 0.6) is 0 Å². The number of unbranched alkanes of at least 4 members (excludes halogenated alkanes) is 1. The molecule has 0 bridgehead atoms. The zero-order chi connectivity index (χ0) is 19.7. The second kappa shape index (κ2) is 7.82. The topological polar surface area (TPSA) is 59.8 Å². The van der Waals surface area contributed by atoms with Crippen molar-refractivity contribution in [2.24, 2.45) is 0 Å². The number of pyridine rings is 2. The lowest BCUT2D eigenvalue weighted by Gasteiger charge is -2.06. The number of hydrogen-bond donors (Lipinski definition) is 2. The number of aryl methyl sites for hydroxylation is 2. The highest BCUT2D eigenvalue weighted by Gasteiger charge is 2.14. The summed E-state index contributed by atoms with van der Waals surface area (Å²) in [5, 5.41) is 3.49.